The van der Waals surface area contributed by atoms with Crippen LogP contribution in [0.3, 0.4) is 0 Å². The summed E-state index contributed by atoms with van der Waals surface area (Å²) in [6, 6.07) is 16.1. The molecule has 2 aromatic heterocycles. The summed E-state index contributed by atoms with van der Waals surface area (Å²) in [7, 11) is 0. The number of nitrogens with zero attached hydrogens (tertiary/aromatic N) is 3. The van der Waals surface area contributed by atoms with Crippen LogP contribution in [0.4, 0.5) is 10.2 Å². The van der Waals surface area contributed by atoms with Crippen LogP contribution in [0, 0.1) is 5.82 Å². The number of H-pyrrole nitrogens is 2. The van der Waals surface area contributed by atoms with Crippen molar-refractivity contribution in [2.45, 2.75) is 6.42 Å². The van der Waals surface area contributed by atoms with Crippen LogP contribution in [0.15, 0.2) is 60.8 Å². The molecule has 0 spiro atoms. The maximum absolute atomic E-state index is 13.2. The SMILES string of the molecule is O=C(c1ccc2[nH]ccc2c1)N1CCCN(c2cc(-c3ccc(F)cc3)[nH]n2)CC1. The quantitative estimate of drug-likeness (QED) is 0.542. The number of benzene rings is 2. The van der Waals surface area contributed by atoms with E-state index in [4.69, 9.17) is 0 Å². The lowest BCUT2D eigenvalue weighted by Crippen LogP contribution is -2.35. The fourth-order valence-corrected chi connectivity index (χ4v) is 3.97. The van der Waals surface area contributed by atoms with E-state index >= 15 is 0 Å². The second kappa shape index (κ2) is 7.67. The molecule has 0 bridgehead atoms. The molecule has 1 saturated heterocycles. The molecule has 2 N–H and O–H groups in total. The number of anilines is 1. The van der Waals surface area contributed by atoms with E-state index in [-0.39, 0.29) is 11.7 Å². The Morgan fingerprint density at radius 3 is 2.70 bits per heavy atom. The van der Waals surface area contributed by atoms with Crippen molar-refractivity contribution in [2.75, 3.05) is 31.1 Å². The highest BCUT2D eigenvalue weighted by molar-refractivity contribution is 5.98. The van der Waals surface area contributed by atoms with Gasteiger partial charge in [0.1, 0.15) is 5.82 Å². The van der Waals surface area contributed by atoms with Crippen molar-refractivity contribution in [3.63, 3.8) is 0 Å². The van der Waals surface area contributed by atoms with E-state index in [0.717, 1.165) is 47.5 Å². The van der Waals surface area contributed by atoms with Crippen LogP contribution < -0.4 is 4.90 Å². The summed E-state index contributed by atoms with van der Waals surface area (Å²) in [5, 5.41) is 8.52. The molecule has 3 heterocycles. The molecular formula is C23H22FN5O. The molecule has 1 amide bonds. The van der Waals surface area contributed by atoms with Crippen molar-refractivity contribution in [1.29, 1.82) is 0 Å². The van der Waals surface area contributed by atoms with Gasteiger partial charge in [0.05, 0.1) is 5.69 Å². The molecule has 0 radical (unpaired) electrons. The zero-order chi connectivity index (χ0) is 20.5. The summed E-state index contributed by atoms with van der Waals surface area (Å²) >= 11 is 0. The third kappa shape index (κ3) is 3.54. The van der Waals surface area contributed by atoms with Crippen molar-refractivity contribution < 1.29 is 9.18 Å². The minimum Gasteiger partial charge on any atom is -0.361 e. The highest BCUT2D eigenvalue weighted by Crippen LogP contribution is 2.23. The Bertz CT molecular complexity index is 1180. The van der Waals surface area contributed by atoms with Gasteiger partial charge < -0.3 is 14.8 Å². The zero-order valence-electron chi connectivity index (χ0n) is 16.4. The molecule has 7 heteroatoms. The highest BCUT2D eigenvalue weighted by atomic mass is 19.1. The van der Waals surface area contributed by atoms with Crippen molar-refractivity contribution >= 4 is 22.6 Å². The molecule has 5 rings (SSSR count). The van der Waals surface area contributed by atoms with Gasteiger partial charge in [-0.05, 0) is 60.5 Å². The monoisotopic (exact) mass is 403 g/mol. The van der Waals surface area contributed by atoms with Gasteiger partial charge in [0.15, 0.2) is 5.82 Å². The van der Waals surface area contributed by atoms with Gasteiger partial charge in [-0.3, -0.25) is 9.89 Å². The number of nitrogens with one attached hydrogen (secondary N) is 2. The fraction of sp³-hybridized carbons (Fsp3) is 0.217. The maximum atomic E-state index is 13.2. The van der Waals surface area contributed by atoms with Gasteiger partial charge >= 0.3 is 0 Å². The summed E-state index contributed by atoms with van der Waals surface area (Å²) in [6.45, 7) is 2.90. The van der Waals surface area contributed by atoms with Gasteiger partial charge in [-0.15, -0.1) is 0 Å². The second-order valence-corrected chi connectivity index (χ2v) is 7.56. The molecule has 1 aliphatic rings. The molecule has 4 aromatic rings. The van der Waals surface area contributed by atoms with Gasteiger partial charge in [0, 0.05) is 54.9 Å². The number of hydrogen-bond acceptors (Lipinski definition) is 3. The summed E-state index contributed by atoms with van der Waals surface area (Å²) < 4.78 is 13.2. The first-order chi connectivity index (χ1) is 14.7. The van der Waals surface area contributed by atoms with Crippen LogP contribution in [0.25, 0.3) is 22.2 Å². The smallest absolute Gasteiger partial charge is 0.253 e. The van der Waals surface area contributed by atoms with Crippen LogP contribution in [0.5, 0.6) is 0 Å². The standard InChI is InChI=1S/C23H22FN5O/c24-19-5-2-16(3-6-19)21-15-22(27-26-21)28-10-1-11-29(13-12-28)23(30)18-4-7-20-17(14-18)8-9-25-20/h2-9,14-15,25H,1,10-13H2,(H,26,27). The van der Waals surface area contributed by atoms with E-state index in [1.807, 2.05) is 41.4 Å². The number of halogens is 1. The predicted octanol–water partition coefficient (Wildman–Crippen LogP) is 4.05. The molecule has 1 aliphatic heterocycles. The van der Waals surface area contributed by atoms with Crippen LogP contribution in [-0.4, -0.2) is 52.2 Å². The number of amides is 1. The van der Waals surface area contributed by atoms with Gasteiger partial charge in [0.25, 0.3) is 5.91 Å². The average molecular weight is 403 g/mol. The fourth-order valence-electron chi connectivity index (χ4n) is 3.97. The number of fused-ring (bicyclic) bond motifs is 1. The lowest BCUT2D eigenvalue weighted by atomic mass is 10.1. The first kappa shape index (κ1) is 18.4. The first-order valence-electron chi connectivity index (χ1n) is 10.1. The number of carbonyl (C=O) groups excluding carboxylic acids is 1. The molecule has 0 aliphatic carbocycles. The van der Waals surface area contributed by atoms with Crippen molar-refractivity contribution in [3.05, 3.63) is 72.2 Å². The normalized spacial score (nSPS) is 14.8. The maximum Gasteiger partial charge on any atom is 0.253 e. The zero-order valence-corrected chi connectivity index (χ0v) is 16.4. The molecule has 6 nitrogen and oxygen atoms in total. The van der Waals surface area contributed by atoms with E-state index in [0.29, 0.717) is 18.7 Å². The molecule has 2 aromatic carbocycles. The molecule has 30 heavy (non-hydrogen) atoms. The lowest BCUT2D eigenvalue weighted by Gasteiger charge is -2.22. The van der Waals surface area contributed by atoms with E-state index in [9.17, 15) is 9.18 Å². The molecule has 0 atom stereocenters. The Kier molecular flexibility index (Phi) is 4.71. The summed E-state index contributed by atoms with van der Waals surface area (Å²) in [5.74, 6) is 0.651. The predicted molar refractivity (Wildman–Crippen MR) is 115 cm³/mol. The summed E-state index contributed by atoms with van der Waals surface area (Å²) in [6.07, 6.45) is 2.75. The van der Waals surface area contributed by atoms with Crippen LogP contribution in [0.2, 0.25) is 0 Å². The van der Waals surface area contributed by atoms with E-state index < -0.39 is 0 Å². The molecular weight excluding hydrogens is 381 g/mol. The molecule has 0 saturated carbocycles. The largest absolute Gasteiger partial charge is 0.361 e. The lowest BCUT2D eigenvalue weighted by molar-refractivity contribution is 0.0767. The second-order valence-electron chi connectivity index (χ2n) is 7.56. The number of rotatable bonds is 3. The van der Waals surface area contributed by atoms with Gasteiger partial charge in [-0.25, -0.2) is 4.39 Å². The van der Waals surface area contributed by atoms with E-state index in [1.165, 1.54) is 12.1 Å². The van der Waals surface area contributed by atoms with E-state index in [1.54, 1.807) is 12.1 Å². The summed E-state index contributed by atoms with van der Waals surface area (Å²) in [4.78, 5) is 20.3. The van der Waals surface area contributed by atoms with Gasteiger partial charge in [0.2, 0.25) is 0 Å². The number of hydrogen-bond donors (Lipinski definition) is 2. The molecule has 1 fully saturated rings. The Hall–Kier alpha value is -3.61. The Morgan fingerprint density at radius 1 is 0.967 bits per heavy atom. The van der Waals surface area contributed by atoms with Crippen molar-refractivity contribution in [3.8, 4) is 11.3 Å². The number of aromatic amines is 2. The minimum atomic E-state index is -0.258. The Labute approximate surface area is 173 Å². The van der Waals surface area contributed by atoms with Crippen LogP contribution >= 0.6 is 0 Å². The average Bonchev–Trinajstić information content (AvgIpc) is 3.38. The summed E-state index contributed by atoms with van der Waals surface area (Å²) in [5.41, 5.74) is 3.49. The molecule has 152 valence electrons. The third-order valence-electron chi connectivity index (χ3n) is 5.63. The number of aromatic nitrogens is 3. The topological polar surface area (TPSA) is 68.0 Å². The van der Waals surface area contributed by atoms with Gasteiger partial charge in [-0.2, -0.15) is 5.10 Å². The van der Waals surface area contributed by atoms with Crippen LogP contribution in [0.1, 0.15) is 16.8 Å². The third-order valence-corrected chi connectivity index (χ3v) is 5.63. The Morgan fingerprint density at radius 2 is 1.83 bits per heavy atom. The first-order valence-corrected chi connectivity index (χ1v) is 10.1. The highest BCUT2D eigenvalue weighted by Gasteiger charge is 2.22. The Balaban J connectivity index is 1.28. The molecule has 0 unspecified atom stereocenters. The van der Waals surface area contributed by atoms with Gasteiger partial charge in [-0.1, -0.05) is 0 Å². The van der Waals surface area contributed by atoms with E-state index in [2.05, 4.69) is 20.1 Å². The van der Waals surface area contributed by atoms with Crippen molar-refractivity contribution in [1.82, 2.24) is 20.1 Å². The van der Waals surface area contributed by atoms with Crippen molar-refractivity contribution in [2.24, 2.45) is 0 Å². The van der Waals surface area contributed by atoms with Crippen LogP contribution in [-0.2, 0) is 0 Å². The number of carbonyl (C=O) groups is 1. The minimum absolute atomic E-state index is 0.0639.